The number of halogens is 5. The van der Waals surface area contributed by atoms with Gasteiger partial charge in [0, 0.05) is 50.0 Å². The highest BCUT2D eigenvalue weighted by molar-refractivity contribution is 6.32. The molecule has 1 aliphatic rings. The Kier molecular flexibility index (Phi) is 12.5. The first kappa shape index (κ1) is 30.3. The molecule has 1 aliphatic heterocycles. The van der Waals surface area contributed by atoms with E-state index < -0.39 is 17.3 Å². The molecule has 0 saturated carbocycles. The molecule has 11 heteroatoms. The highest BCUT2D eigenvalue weighted by atomic mass is 35.5. The van der Waals surface area contributed by atoms with Crippen LogP contribution in [0.25, 0.3) is 0 Å². The number of benzene rings is 1. The summed E-state index contributed by atoms with van der Waals surface area (Å²) in [5, 5.41) is 4.14. The van der Waals surface area contributed by atoms with Crippen LogP contribution in [-0.4, -0.2) is 91.3 Å². The molecule has 0 radical (unpaired) electrons. The smallest absolute Gasteiger partial charge is 0.368 e. The van der Waals surface area contributed by atoms with Gasteiger partial charge in [0.05, 0.1) is 5.38 Å². The number of piperazine rings is 1. The highest BCUT2D eigenvalue weighted by Gasteiger charge is 2.39. The summed E-state index contributed by atoms with van der Waals surface area (Å²) < 4.78 is 39.4. The zero-order valence-corrected chi connectivity index (χ0v) is 22.3. The van der Waals surface area contributed by atoms with Crippen LogP contribution in [0.1, 0.15) is 33.3 Å². The molecule has 1 aromatic rings. The largest absolute Gasteiger partial charge is 0.432 e. The van der Waals surface area contributed by atoms with Gasteiger partial charge in [-0.3, -0.25) is 9.80 Å². The van der Waals surface area contributed by atoms with Crippen molar-refractivity contribution in [2.24, 2.45) is 5.10 Å². The van der Waals surface area contributed by atoms with Gasteiger partial charge in [0.1, 0.15) is 6.54 Å². The zero-order valence-electron chi connectivity index (χ0n) is 20.8. The zero-order chi connectivity index (χ0) is 26.1. The van der Waals surface area contributed by atoms with E-state index in [1.807, 2.05) is 45.0 Å². The molecule has 1 fully saturated rings. The third-order valence-corrected chi connectivity index (χ3v) is 5.69. The van der Waals surface area contributed by atoms with Crippen LogP contribution in [0.15, 0.2) is 23.3 Å². The summed E-state index contributed by atoms with van der Waals surface area (Å²) in [7, 11) is 3.95. The number of hydrogen-bond donors (Lipinski definition) is 0. The second kappa shape index (κ2) is 14.0. The van der Waals surface area contributed by atoms with Gasteiger partial charge in [0.15, 0.2) is 5.71 Å². The van der Waals surface area contributed by atoms with Gasteiger partial charge < -0.3 is 14.7 Å². The molecule has 6 nitrogen and oxygen atoms in total. The molecule has 0 spiro atoms. The number of hydrazone groups is 1. The summed E-state index contributed by atoms with van der Waals surface area (Å²) in [5.41, 5.74) is 0.956. The molecule has 0 N–H and O–H groups in total. The average molecular weight is 526 g/mol. The van der Waals surface area contributed by atoms with Crippen LogP contribution < -0.4 is 4.90 Å². The maximum absolute atomic E-state index is 13.1. The van der Waals surface area contributed by atoms with Crippen LogP contribution in [0.5, 0.6) is 0 Å². The van der Waals surface area contributed by atoms with E-state index in [9.17, 15) is 18.0 Å². The topological polar surface area (TPSA) is 42.4 Å². The van der Waals surface area contributed by atoms with Crippen LogP contribution in [0, 0.1) is 0 Å². The van der Waals surface area contributed by atoms with E-state index >= 15 is 0 Å². The van der Waals surface area contributed by atoms with Crippen molar-refractivity contribution in [3.05, 3.63) is 28.8 Å². The number of anilines is 1. The van der Waals surface area contributed by atoms with Crippen molar-refractivity contribution in [3.63, 3.8) is 0 Å². The first-order chi connectivity index (χ1) is 15.9. The summed E-state index contributed by atoms with van der Waals surface area (Å²) >= 11 is 11.9. The number of hydrogen-bond acceptors (Lipinski definition) is 5. The Labute approximate surface area is 211 Å². The Morgan fingerprint density at radius 2 is 1.76 bits per heavy atom. The van der Waals surface area contributed by atoms with Gasteiger partial charge in [-0.1, -0.05) is 25.4 Å². The quantitative estimate of drug-likeness (QED) is 0.273. The summed E-state index contributed by atoms with van der Waals surface area (Å²) in [6.07, 6.45) is -4.65. The molecule has 1 unspecified atom stereocenters. The minimum atomic E-state index is -4.65. The number of nitrogens with zero attached hydrogens (tertiary/aromatic N) is 5. The third-order valence-electron chi connectivity index (χ3n) is 5.11. The Hall–Kier alpha value is -1.71. The Morgan fingerprint density at radius 1 is 1.18 bits per heavy atom. The summed E-state index contributed by atoms with van der Waals surface area (Å²) in [6, 6.07) is 5.89. The highest BCUT2D eigenvalue weighted by Crippen LogP contribution is 2.25. The number of likely N-dealkylation sites (N-methyl/N-ethyl adjacent to an activating group) is 1. The molecule has 2 rings (SSSR count). The minimum absolute atomic E-state index is 0.161. The van der Waals surface area contributed by atoms with E-state index in [0.717, 1.165) is 22.8 Å². The van der Waals surface area contributed by atoms with Gasteiger partial charge in [0.25, 0.3) is 0 Å². The van der Waals surface area contributed by atoms with Crippen molar-refractivity contribution < 1.29 is 18.0 Å². The molecule has 0 aromatic heterocycles. The summed E-state index contributed by atoms with van der Waals surface area (Å²) in [6.45, 7) is 9.71. The second-order valence-electron chi connectivity index (χ2n) is 7.96. The molecule has 194 valence electrons. The third kappa shape index (κ3) is 9.15. The van der Waals surface area contributed by atoms with Crippen LogP contribution in [-0.2, 0) is 11.3 Å². The first-order valence-corrected chi connectivity index (χ1v) is 12.2. The van der Waals surface area contributed by atoms with Crippen molar-refractivity contribution in [1.29, 1.82) is 0 Å². The van der Waals surface area contributed by atoms with Gasteiger partial charge >= 0.3 is 6.18 Å². The molecule has 1 amide bonds. The van der Waals surface area contributed by atoms with Gasteiger partial charge in [0.2, 0.25) is 5.91 Å². The Balaban J connectivity index is 0.00000281. The van der Waals surface area contributed by atoms with Gasteiger partial charge in [-0.25, -0.2) is 0 Å². The van der Waals surface area contributed by atoms with E-state index in [4.69, 9.17) is 23.2 Å². The summed E-state index contributed by atoms with van der Waals surface area (Å²) in [4.78, 5) is 18.6. The SMILES string of the molecule is CC.CCN(CC(=O)N1CCN(c2ccc(Cl)c(CN(C)C)c2)CC1)/N=C(\C(C)Cl)C(F)(F)F. The monoisotopic (exact) mass is 525 g/mol. The summed E-state index contributed by atoms with van der Waals surface area (Å²) in [5.74, 6) is -0.261. The first-order valence-electron chi connectivity index (χ1n) is 11.4. The number of carbonyl (C=O) groups is 1. The van der Waals surface area contributed by atoms with Crippen molar-refractivity contribution >= 4 is 40.5 Å². The molecule has 1 aromatic carbocycles. The second-order valence-corrected chi connectivity index (χ2v) is 9.02. The normalized spacial score (nSPS) is 15.7. The van der Waals surface area contributed by atoms with Crippen LogP contribution >= 0.6 is 23.2 Å². The fraction of sp³-hybridized carbons (Fsp3) is 0.652. The van der Waals surface area contributed by atoms with Gasteiger partial charge in [-0.2, -0.15) is 18.3 Å². The molecular formula is C23H36Cl2F3N5O. The van der Waals surface area contributed by atoms with E-state index in [2.05, 4.69) is 16.1 Å². The van der Waals surface area contributed by atoms with Crippen LogP contribution in [0.3, 0.4) is 0 Å². The Bertz CT molecular complexity index is 810. The predicted octanol–water partition coefficient (Wildman–Crippen LogP) is 4.94. The lowest BCUT2D eigenvalue weighted by Crippen LogP contribution is -2.51. The van der Waals surface area contributed by atoms with Crippen LogP contribution in [0.2, 0.25) is 5.02 Å². The Morgan fingerprint density at radius 3 is 2.24 bits per heavy atom. The van der Waals surface area contributed by atoms with Crippen molar-refractivity contribution in [2.45, 2.75) is 45.8 Å². The lowest BCUT2D eigenvalue weighted by molar-refractivity contribution is -0.132. The van der Waals surface area contributed by atoms with Crippen molar-refractivity contribution in [2.75, 3.05) is 58.3 Å². The van der Waals surface area contributed by atoms with E-state index in [1.165, 1.54) is 6.92 Å². The maximum Gasteiger partial charge on any atom is 0.432 e. The molecule has 34 heavy (non-hydrogen) atoms. The van der Waals surface area contributed by atoms with Crippen molar-refractivity contribution in [1.82, 2.24) is 14.8 Å². The van der Waals surface area contributed by atoms with Gasteiger partial charge in [-0.15, -0.1) is 11.6 Å². The lowest BCUT2D eigenvalue weighted by atomic mass is 10.1. The lowest BCUT2D eigenvalue weighted by Gasteiger charge is -2.37. The van der Waals surface area contributed by atoms with Crippen molar-refractivity contribution in [3.8, 4) is 0 Å². The predicted molar refractivity (Wildman–Crippen MR) is 135 cm³/mol. The van der Waals surface area contributed by atoms with Gasteiger partial charge in [-0.05, 0) is 51.7 Å². The van der Waals surface area contributed by atoms with E-state index in [1.54, 1.807) is 11.8 Å². The van der Waals surface area contributed by atoms with E-state index in [0.29, 0.717) is 31.2 Å². The molecular weight excluding hydrogens is 490 g/mol. The fourth-order valence-corrected chi connectivity index (χ4v) is 3.77. The molecule has 1 heterocycles. The average Bonchev–Trinajstić information content (AvgIpc) is 2.78. The van der Waals surface area contributed by atoms with Crippen LogP contribution in [0.4, 0.5) is 18.9 Å². The standard InChI is InChI=1S/C21H30Cl2F3N5O.C2H6/c1-5-31(27-20(15(2)22)21(24,25)26)14-19(32)30-10-8-29(9-11-30)17-6-7-18(23)16(12-17)13-28(3)4;1-2/h6-7,12,15H,5,8-11,13-14H2,1-4H3;1-2H3/b27-20+;. The van der Waals surface area contributed by atoms with E-state index in [-0.39, 0.29) is 19.0 Å². The molecule has 0 bridgehead atoms. The minimum Gasteiger partial charge on any atom is -0.368 e. The molecule has 1 atom stereocenters. The molecule has 0 aliphatic carbocycles. The maximum atomic E-state index is 13.1. The fourth-order valence-electron chi connectivity index (χ4n) is 3.42. The number of alkyl halides is 4. The molecule has 1 saturated heterocycles. The number of carbonyl (C=O) groups excluding carboxylic acids is 1. The number of rotatable bonds is 8. The number of amides is 1.